The van der Waals surface area contributed by atoms with Gasteiger partial charge in [0, 0.05) is 56.9 Å². The Morgan fingerprint density at radius 2 is 1.74 bits per heavy atom. The third kappa shape index (κ3) is 6.19. The number of aromatic nitrogens is 2. The van der Waals surface area contributed by atoms with Crippen molar-refractivity contribution in [1.82, 2.24) is 24.3 Å². The monoisotopic (exact) mass is 625 g/mol. The van der Waals surface area contributed by atoms with Crippen molar-refractivity contribution in [3.05, 3.63) is 82.9 Å². The van der Waals surface area contributed by atoms with Crippen LogP contribution in [0.5, 0.6) is 5.75 Å². The number of hydrogen-bond donors (Lipinski definition) is 0. The molecule has 0 N–H and O–H groups in total. The molecule has 1 aliphatic carbocycles. The predicted octanol–water partition coefficient (Wildman–Crippen LogP) is 5.46. The lowest BCUT2D eigenvalue weighted by atomic mass is 9.69. The van der Waals surface area contributed by atoms with Gasteiger partial charge in [-0.25, -0.2) is 9.78 Å². The largest absolute Gasteiger partial charge is 0.496 e. The molecule has 4 heterocycles. The molecule has 4 fully saturated rings. The first kappa shape index (κ1) is 30.9. The number of amides is 2. The van der Waals surface area contributed by atoms with Crippen LogP contribution in [-0.4, -0.2) is 89.4 Å². The lowest BCUT2D eigenvalue weighted by molar-refractivity contribution is -0.0128. The molecule has 1 saturated carbocycles. The summed E-state index contributed by atoms with van der Waals surface area (Å²) in [6, 6.07) is 20.6. The van der Waals surface area contributed by atoms with Crippen LogP contribution < -0.4 is 10.3 Å². The topological polar surface area (TPSA) is 80.1 Å². The molecule has 3 aliphatic heterocycles. The van der Waals surface area contributed by atoms with Crippen LogP contribution in [0.2, 0.25) is 0 Å². The van der Waals surface area contributed by atoms with Gasteiger partial charge in [-0.3, -0.25) is 14.3 Å². The third-order valence-electron chi connectivity index (χ3n) is 11.2. The number of urea groups is 1. The van der Waals surface area contributed by atoms with Gasteiger partial charge in [0.05, 0.1) is 38.4 Å². The van der Waals surface area contributed by atoms with Gasteiger partial charge >= 0.3 is 6.03 Å². The van der Waals surface area contributed by atoms with E-state index in [1.807, 2.05) is 24.3 Å². The van der Waals surface area contributed by atoms with Gasteiger partial charge in [-0.2, -0.15) is 0 Å². The first-order valence-corrected chi connectivity index (χ1v) is 17.2. The zero-order chi connectivity index (χ0) is 31.5. The van der Waals surface area contributed by atoms with Gasteiger partial charge in [0.2, 0.25) is 0 Å². The molecule has 2 amide bonds. The number of piperidine rings is 2. The van der Waals surface area contributed by atoms with Crippen LogP contribution in [0.15, 0.2) is 71.8 Å². The predicted molar refractivity (Wildman–Crippen MR) is 178 cm³/mol. The highest BCUT2D eigenvalue weighted by Crippen LogP contribution is 2.49. The summed E-state index contributed by atoms with van der Waals surface area (Å²) in [5.74, 6) is 1.03. The molecule has 9 nitrogen and oxygen atoms in total. The van der Waals surface area contributed by atoms with Crippen LogP contribution in [-0.2, 0) is 11.3 Å². The molecule has 2 aromatic carbocycles. The first-order chi connectivity index (χ1) is 22.5. The van der Waals surface area contributed by atoms with Crippen molar-refractivity contribution in [3.63, 3.8) is 0 Å². The Labute approximate surface area is 272 Å². The van der Waals surface area contributed by atoms with Gasteiger partial charge in [-0.15, -0.1) is 0 Å². The molecule has 1 spiro atoms. The Morgan fingerprint density at radius 1 is 0.978 bits per heavy atom. The summed E-state index contributed by atoms with van der Waals surface area (Å²) < 4.78 is 12.9. The minimum atomic E-state index is -0.0450. The van der Waals surface area contributed by atoms with Crippen molar-refractivity contribution >= 4 is 6.03 Å². The van der Waals surface area contributed by atoms with Crippen molar-refractivity contribution in [2.75, 3.05) is 53.0 Å². The Kier molecular flexibility index (Phi) is 9.13. The fourth-order valence-corrected chi connectivity index (χ4v) is 8.73. The van der Waals surface area contributed by atoms with E-state index in [1.165, 1.54) is 18.4 Å². The van der Waals surface area contributed by atoms with Crippen LogP contribution in [0.1, 0.15) is 56.6 Å². The molecule has 7 rings (SSSR count). The summed E-state index contributed by atoms with van der Waals surface area (Å²) in [5, 5.41) is 0. The Bertz CT molecular complexity index is 1550. The normalized spacial score (nSPS) is 25.1. The minimum absolute atomic E-state index is 0.0308. The van der Waals surface area contributed by atoms with Crippen molar-refractivity contribution in [3.8, 4) is 17.0 Å². The molecular formula is C37H47N5O4. The second-order valence-electron chi connectivity index (χ2n) is 13.7. The van der Waals surface area contributed by atoms with Gasteiger partial charge in [0.25, 0.3) is 5.56 Å². The number of nitrogens with zero attached hydrogens (tertiary/aromatic N) is 5. The Morgan fingerprint density at radius 3 is 2.50 bits per heavy atom. The fourth-order valence-electron chi connectivity index (χ4n) is 8.73. The summed E-state index contributed by atoms with van der Waals surface area (Å²) in [5.41, 5.74) is 2.65. The molecule has 1 unspecified atom stereocenters. The zero-order valence-corrected chi connectivity index (χ0v) is 27.1. The number of benzene rings is 2. The summed E-state index contributed by atoms with van der Waals surface area (Å²) in [7, 11) is 1.63. The smallest absolute Gasteiger partial charge is 0.320 e. The van der Waals surface area contributed by atoms with Crippen molar-refractivity contribution < 1.29 is 14.3 Å². The summed E-state index contributed by atoms with van der Waals surface area (Å²) >= 11 is 0. The molecule has 3 atom stereocenters. The van der Waals surface area contributed by atoms with Crippen LogP contribution in [0.3, 0.4) is 0 Å². The maximum atomic E-state index is 14.4. The van der Waals surface area contributed by atoms with E-state index in [-0.39, 0.29) is 23.0 Å². The molecular weight excluding hydrogens is 578 g/mol. The average molecular weight is 626 g/mol. The maximum Gasteiger partial charge on any atom is 0.320 e. The number of likely N-dealkylation sites (tertiary alicyclic amines) is 2. The molecule has 9 heteroatoms. The zero-order valence-electron chi connectivity index (χ0n) is 27.1. The minimum Gasteiger partial charge on any atom is -0.496 e. The van der Waals surface area contributed by atoms with Gasteiger partial charge in [0.1, 0.15) is 5.75 Å². The average Bonchev–Trinajstić information content (AvgIpc) is 3.58. The number of ether oxygens (including phenoxy) is 2. The Hall–Kier alpha value is -3.69. The molecule has 0 bridgehead atoms. The number of carbonyl (C=O) groups is 1. The van der Waals surface area contributed by atoms with Crippen LogP contribution in [0, 0.1) is 11.3 Å². The van der Waals surface area contributed by atoms with Crippen molar-refractivity contribution in [1.29, 1.82) is 0 Å². The van der Waals surface area contributed by atoms with Gasteiger partial charge < -0.3 is 19.3 Å². The molecule has 3 aromatic rings. The van der Waals surface area contributed by atoms with Crippen LogP contribution >= 0.6 is 0 Å². The number of morpholine rings is 1. The summed E-state index contributed by atoms with van der Waals surface area (Å²) in [4.78, 5) is 39.4. The number of rotatable bonds is 6. The standard InChI is InChI=1S/C37H47N5O4/c1-45-34-12-6-5-11-31(34)32-24-35(43)41(27-38-32)25-29-13-17-40(26-37(29)15-7-8-16-37)36(44)42-18-14-30(39-19-21-46-22-20-39)23-33(42)28-9-3-2-4-10-28/h2-6,9-12,24,27,29-30,33H,7-8,13-23,25-26H2,1H3/t29?,30-,33+/m1/s1. The van der Waals surface area contributed by atoms with E-state index in [4.69, 9.17) is 9.47 Å². The quantitative estimate of drug-likeness (QED) is 0.362. The number of carbonyl (C=O) groups excluding carboxylic acids is 1. The molecule has 0 radical (unpaired) electrons. The van der Waals surface area contributed by atoms with E-state index in [0.717, 1.165) is 83.6 Å². The molecule has 244 valence electrons. The summed E-state index contributed by atoms with van der Waals surface area (Å²) in [6.07, 6.45) is 9.11. The fraction of sp³-hybridized carbons (Fsp3) is 0.541. The van der Waals surface area contributed by atoms with Crippen molar-refractivity contribution in [2.45, 2.75) is 63.6 Å². The molecule has 3 saturated heterocycles. The van der Waals surface area contributed by atoms with Crippen LogP contribution in [0.25, 0.3) is 11.3 Å². The highest BCUT2D eigenvalue weighted by molar-refractivity contribution is 5.75. The highest BCUT2D eigenvalue weighted by atomic mass is 16.5. The Balaban J connectivity index is 1.08. The highest BCUT2D eigenvalue weighted by Gasteiger charge is 2.48. The molecule has 46 heavy (non-hydrogen) atoms. The second kappa shape index (κ2) is 13.6. The first-order valence-electron chi connectivity index (χ1n) is 17.2. The van der Waals surface area contributed by atoms with E-state index in [9.17, 15) is 9.59 Å². The number of methoxy groups -OCH3 is 1. The molecule has 4 aliphatic rings. The lowest BCUT2D eigenvalue weighted by Gasteiger charge is -2.50. The number of para-hydroxylation sites is 1. The van der Waals surface area contributed by atoms with E-state index >= 15 is 0 Å². The second-order valence-corrected chi connectivity index (χ2v) is 13.7. The number of hydrogen-bond acceptors (Lipinski definition) is 6. The summed E-state index contributed by atoms with van der Waals surface area (Å²) in [6.45, 7) is 6.42. The van der Waals surface area contributed by atoms with Gasteiger partial charge in [0.15, 0.2) is 0 Å². The SMILES string of the molecule is COc1ccccc1-c1cc(=O)n(CC2CCN(C(=O)N3CC[C@@H](N4CCOCC4)C[C@H]3c3ccccc3)CC23CCCC3)cn1. The van der Waals surface area contributed by atoms with Gasteiger partial charge in [-0.1, -0.05) is 55.3 Å². The molecule has 1 aromatic heterocycles. The van der Waals surface area contributed by atoms with E-state index in [0.29, 0.717) is 29.9 Å². The van der Waals surface area contributed by atoms with Crippen molar-refractivity contribution in [2.24, 2.45) is 11.3 Å². The van der Waals surface area contributed by atoms with Crippen LogP contribution in [0.4, 0.5) is 4.79 Å². The van der Waals surface area contributed by atoms with E-state index in [2.05, 4.69) is 50.0 Å². The third-order valence-corrected chi connectivity index (χ3v) is 11.2. The lowest BCUT2D eigenvalue weighted by Crippen LogP contribution is -2.57. The van der Waals surface area contributed by atoms with E-state index < -0.39 is 0 Å². The van der Waals surface area contributed by atoms with E-state index in [1.54, 1.807) is 24.1 Å². The van der Waals surface area contributed by atoms with Gasteiger partial charge in [-0.05, 0) is 61.1 Å². The maximum absolute atomic E-state index is 14.4.